The summed E-state index contributed by atoms with van der Waals surface area (Å²) in [6, 6.07) is 63.4. The van der Waals surface area contributed by atoms with Crippen molar-refractivity contribution in [1.29, 1.82) is 0 Å². The topological polar surface area (TPSA) is 0 Å². The molecule has 0 saturated heterocycles. The average molecular weight is 623 g/mol. The molecule has 1 aliphatic rings. The zero-order valence-corrected chi connectivity index (χ0v) is 27.7. The fourth-order valence-electron chi connectivity index (χ4n) is 8.55. The van der Waals surface area contributed by atoms with Crippen LogP contribution in [-0.4, -0.2) is 0 Å². The van der Waals surface area contributed by atoms with Gasteiger partial charge in [0, 0.05) is 5.41 Å². The molecule has 9 aromatic carbocycles. The van der Waals surface area contributed by atoms with Gasteiger partial charge in [0.1, 0.15) is 0 Å². The largest absolute Gasteiger partial charge is 0.0619 e. The van der Waals surface area contributed by atoms with Crippen LogP contribution in [0.3, 0.4) is 0 Å². The van der Waals surface area contributed by atoms with Gasteiger partial charge in [-0.05, 0) is 123 Å². The average Bonchev–Trinajstić information content (AvgIpc) is 3.38. The summed E-state index contributed by atoms with van der Waals surface area (Å²) in [5.41, 5.74) is 13.0. The highest BCUT2D eigenvalue weighted by Gasteiger charge is 2.35. The SMILES string of the molecule is CC1(C)c2ccccc2-c2ccc(-c3c4ccccc4c(-c4ccc5ccccc5c4)c4ccc(-c5ccc6ccccc6c5)cc34)cc21. The highest BCUT2D eigenvalue weighted by Crippen LogP contribution is 2.51. The second-order valence-electron chi connectivity index (χ2n) is 14.1. The van der Waals surface area contributed by atoms with Crippen LogP contribution in [0.4, 0.5) is 0 Å². The van der Waals surface area contributed by atoms with Crippen LogP contribution in [0.5, 0.6) is 0 Å². The van der Waals surface area contributed by atoms with Crippen molar-refractivity contribution < 1.29 is 0 Å². The summed E-state index contributed by atoms with van der Waals surface area (Å²) in [5.74, 6) is 0. The summed E-state index contributed by atoms with van der Waals surface area (Å²) < 4.78 is 0. The molecule has 0 amide bonds. The van der Waals surface area contributed by atoms with E-state index in [4.69, 9.17) is 0 Å². The molecule has 1 aliphatic carbocycles. The molecule has 0 heteroatoms. The third-order valence-electron chi connectivity index (χ3n) is 11.0. The molecule has 0 nitrogen and oxygen atoms in total. The molecular formula is C49H34. The van der Waals surface area contributed by atoms with Crippen molar-refractivity contribution >= 4 is 43.1 Å². The molecule has 0 radical (unpaired) electrons. The van der Waals surface area contributed by atoms with Gasteiger partial charge in [0.15, 0.2) is 0 Å². The van der Waals surface area contributed by atoms with Crippen LogP contribution in [0.25, 0.3) is 87.6 Å². The van der Waals surface area contributed by atoms with Gasteiger partial charge in [-0.2, -0.15) is 0 Å². The van der Waals surface area contributed by atoms with E-state index in [-0.39, 0.29) is 5.41 Å². The van der Waals surface area contributed by atoms with Crippen molar-refractivity contribution in [2.24, 2.45) is 0 Å². The van der Waals surface area contributed by atoms with Gasteiger partial charge < -0.3 is 0 Å². The maximum atomic E-state index is 2.48. The fourth-order valence-corrected chi connectivity index (χ4v) is 8.55. The van der Waals surface area contributed by atoms with Crippen molar-refractivity contribution in [2.75, 3.05) is 0 Å². The predicted octanol–water partition coefficient (Wildman–Crippen LogP) is 13.6. The van der Waals surface area contributed by atoms with Crippen LogP contribution < -0.4 is 0 Å². The molecule has 0 fully saturated rings. The molecule has 0 aromatic heterocycles. The summed E-state index contributed by atoms with van der Waals surface area (Å²) in [4.78, 5) is 0. The van der Waals surface area contributed by atoms with Gasteiger partial charge in [0.05, 0.1) is 0 Å². The van der Waals surface area contributed by atoms with Gasteiger partial charge in [-0.25, -0.2) is 0 Å². The third-order valence-corrected chi connectivity index (χ3v) is 11.0. The third kappa shape index (κ3) is 4.24. The Labute approximate surface area is 286 Å². The van der Waals surface area contributed by atoms with Gasteiger partial charge in [0.2, 0.25) is 0 Å². The van der Waals surface area contributed by atoms with E-state index in [1.165, 1.54) is 98.7 Å². The number of fused-ring (bicyclic) bond motifs is 7. The van der Waals surface area contributed by atoms with E-state index in [0.29, 0.717) is 0 Å². The van der Waals surface area contributed by atoms with E-state index < -0.39 is 0 Å². The molecule has 230 valence electrons. The monoisotopic (exact) mass is 622 g/mol. The maximum absolute atomic E-state index is 2.48. The first-order chi connectivity index (χ1) is 24.0. The Bertz CT molecular complexity index is 2800. The van der Waals surface area contributed by atoms with E-state index in [2.05, 4.69) is 184 Å². The van der Waals surface area contributed by atoms with E-state index in [1.54, 1.807) is 0 Å². The number of hydrogen-bond donors (Lipinski definition) is 0. The lowest BCUT2D eigenvalue weighted by atomic mass is 9.80. The first-order valence-corrected chi connectivity index (χ1v) is 17.3. The van der Waals surface area contributed by atoms with Gasteiger partial charge in [-0.1, -0.05) is 159 Å². The summed E-state index contributed by atoms with van der Waals surface area (Å²) in [7, 11) is 0. The highest BCUT2D eigenvalue weighted by molar-refractivity contribution is 6.22. The standard InChI is InChI=1S/C49H34/c1-49(2)45-18-10-9-15-39(45)40-25-24-38(30-46(40)49)48-42-17-8-7-16-41(42)47(37-22-20-32-12-4-6-14-34(32)28-37)43-26-23-36(29-44(43)48)35-21-19-31-11-3-5-13-33(31)27-35/h3-30H,1-2H3. The molecule has 10 rings (SSSR count). The van der Waals surface area contributed by atoms with Gasteiger partial charge in [-0.15, -0.1) is 0 Å². The Hall–Kier alpha value is -5.98. The van der Waals surface area contributed by atoms with E-state index in [9.17, 15) is 0 Å². The minimum absolute atomic E-state index is 0.0746. The minimum atomic E-state index is -0.0746. The van der Waals surface area contributed by atoms with Crippen LogP contribution >= 0.6 is 0 Å². The van der Waals surface area contributed by atoms with E-state index >= 15 is 0 Å². The van der Waals surface area contributed by atoms with Crippen LogP contribution in [0.15, 0.2) is 170 Å². The van der Waals surface area contributed by atoms with Gasteiger partial charge in [0.25, 0.3) is 0 Å². The van der Waals surface area contributed by atoms with Crippen molar-refractivity contribution in [3.63, 3.8) is 0 Å². The minimum Gasteiger partial charge on any atom is -0.0619 e. The zero-order valence-electron chi connectivity index (χ0n) is 27.7. The molecule has 49 heavy (non-hydrogen) atoms. The number of hydrogen-bond acceptors (Lipinski definition) is 0. The van der Waals surface area contributed by atoms with Gasteiger partial charge in [-0.3, -0.25) is 0 Å². The fraction of sp³-hybridized carbons (Fsp3) is 0.0612. The predicted molar refractivity (Wildman–Crippen MR) is 210 cm³/mol. The molecule has 0 N–H and O–H groups in total. The quantitative estimate of drug-likeness (QED) is 0.172. The Morgan fingerprint density at radius 1 is 0.306 bits per heavy atom. The second kappa shape index (κ2) is 10.5. The van der Waals surface area contributed by atoms with Gasteiger partial charge >= 0.3 is 0 Å². The van der Waals surface area contributed by atoms with E-state index in [0.717, 1.165) is 0 Å². The molecule has 0 unspecified atom stereocenters. The summed E-state index contributed by atoms with van der Waals surface area (Å²) in [6.07, 6.45) is 0. The van der Waals surface area contributed by atoms with Crippen LogP contribution in [0.1, 0.15) is 25.0 Å². The van der Waals surface area contributed by atoms with Crippen LogP contribution in [-0.2, 0) is 5.41 Å². The molecule has 0 spiro atoms. The summed E-state index contributed by atoms with van der Waals surface area (Å²) >= 11 is 0. The number of benzene rings is 9. The molecule has 0 aliphatic heterocycles. The van der Waals surface area contributed by atoms with Crippen molar-refractivity contribution in [1.82, 2.24) is 0 Å². The lowest BCUT2D eigenvalue weighted by Crippen LogP contribution is -2.14. The molecule has 0 atom stereocenters. The lowest BCUT2D eigenvalue weighted by Gasteiger charge is -2.23. The first kappa shape index (κ1) is 28.1. The van der Waals surface area contributed by atoms with Crippen molar-refractivity contribution in [2.45, 2.75) is 19.3 Å². The molecule has 9 aromatic rings. The molecule has 0 saturated carbocycles. The molecular weight excluding hydrogens is 589 g/mol. The second-order valence-corrected chi connectivity index (χ2v) is 14.1. The zero-order chi connectivity index (χ0) is 32.7. The normalized spacial score (nSPS) is 13.3. The molecule has 0 heterocycles. The first-order valence-electron chi connectivity index (χ1n) is 17.3. The van der Waals surface area contributed by atoms with Crippen LogP contribution in [0, 0.1) is 0 Å². The maximum Gasteiger partial charge on any atom is 0.0159 e. The summed E-state index contributed by atoms with van der Waals surface area (Å²) in [5, 5.41) is 10.2. The van der Waals surface area contributed by atoms with Crippen molar-refractivity contribution in [3.05, 3.63) is 181 Å². The Kier molecular flexibility index (Phi) is 6.02. The Morgan fingerprint density at radius 2 is 0.776 bits per heavy atom. The summed E-state index contributed by atoms with van der Waals surface area (Å²) in [6.45, 7) is 4.75. The smallest absolute Gasteiger partial charge is 0.0159 e. The van der Waals surface area contributed by atoms with E-state index in [1.807, 2.05) is 0 Å². The Morgan fingerprint density at radius 3 is 1.51 bits per heavy atom. The van der Waals surface area contributed by atoms with Crippen LogP contribution in [0.2, 0.25) is 0 Å². The Balaban J connectivity index is 1.29. The highest BCUT2D eigenvalue weighted by atomic mass is 14.4. The number of rotatable bonds is 3. The van der Waals surface area contributed by atoms with Crippen molar-refractivity contribution in [3.8, 4) is 44.5 Å². The lowest BCUT2D eigenvalue weighted by molar-refractivity contribution is 0.660. The molecule has 0 bridgehead atoms.